The molecule has 0 bridgehead atoms. The monoisotopic (exact) mass is 276 g/mol. The minimum absolute atomic E-state index is 0. The SMILES string of the molecule is CC(CNC(=O)CCN)Oc1ccc(F)cc1.Cl. The maximum Gasteiger partial charge on any atom is 0.221 e. The minimum Gasteiger partial charge on any atom is -0.489 e. The number of ether oxygens (including phenoxy) is 1. The number of rotatable bonds is 6. The summed E-state index contributed by atoms with van der Waals surface area (Å²) in [6.45, 7) is 2.56. The summed E-state index contributed by atoms with van der Waals surface area (Å²) < 4.78 is 18.1. The van der Waals surface area contributed by atoms with Crippen LogP contribution < -0.4 is 15.8 Å². The van der Waals surface area contributed by atoms with Gasteiger partial charge in [0.05, 0.1) is 6.54 Å². The van der Waals surface area contributed by atoms with Crippen LogP contribution in [0.25, 0.3) is 0 Å². The molecule has 0 radical (unpaired) electrons. The third kappa shape index (κ3) is 6.42. The standard InChI is InChI=1S/C12H17FN2O2.ClH/c1-9(8-15-12(16)6-7-14)17-11-4-2-10(13)3-5-11;/h2-5,9H,6-8,14H2,1H3,(H,15,16);1H. The lowest BCUT2D eigenvalue weighted by atomic mass is 10.3. The molecule has 3 N–H and O–H groups in total. The van der Waals surface area contributed by atoms with Crippen molar-refractivity contribution in [3.8, 4) is 5.75 Å². The first-order chi connectivity index (χ1) is 8.11. The Labute approximate surface area is 112 Å². The van der Waals surface area contributed by atoms with E-state index in [-0.39, 0.29) is 30.2 Å². The second-order valence-corrected chi connectivity index (χ2v) is 3.73. The highest BCUT2D eigenvalue weighted by Gasteiger charge is 2.06. The molecule has 0 spiro atoms. The van der Waals surface area contributed by atoms with E-state index < -0.39 is 0 Å². The van der Waals surface area contributed by atoms with Crippen LogP contribution in [0, 0.1) is 5.82 Å². The van der Waals surface area contributed by atoms with Gasteiger partial charge in [0.2, 0.25) is 5.91 Å². The number of carbonyl (C=O) groups excluding carboxylic acids is 1. The van der Waals surface area contributed by atoms with Gasteiger partial charge in [-0.3, -0.25) is 4.79 Å². The fourth-order valence-corrected chi connectivity index (χ4v) is 1.26. The summed E-state index contributed by atoms with van der Waals surface area (Å²) in [5, 5.41) is 2.70. The van der Waals surface area contributed by atoms with Crippen molar-refractivity contribution in [3.05, 3.63) is 30.1 Å². The van der Waals surface area contributed by atoms with Crippen molar-refractivity contribution in [1.82, 2.24) is 5.32 Å². The van der Waals surface area contributed by atoms with Crippen LogP contribution >= 0.6 is 12.4 Å². The molecule has 0 aliphatic heterocycles. The molecular weight excluding hydrogens is 259 g/mol. The Kier molecular flexibility index (Phi) is 8.07. The number of amides is 1. The normalized spacial score (nSPS) is 11.3. The topological polar surface area (TPSA) is 64.4 Å². The Morgan fingerprint density at radius 2 is 2.06 bits per heavy atom. The second-order valence-electron chi connectivity index (χ2n) is 3.73. The lowest BCUT2D eigenvalue weighted by Gasteiger charge is -2.15. The smallest absolute Gasteiger partial charge is 0.221 e. The molecule has 0 saturated carbocycles. The van der Waals surface area contributed by atoms with Gasteiger partial charge in [0, 0.05) is 13.0 Å². The Hall–Kier alpha value is -1.33. The average molecular weight is 277 g/mol. The van der Waals surface area contributed by atoms with E-state index in [9.17, 15) is 9.18 Å². The number of halogens is 2. The number of benzene rings is 1. The van der Waals surface area contributed by atoms with E-state index in [1.54, 1.807) is 12.1 Å². The molecule has 0 fully saturated rings. The number of nitrogens with one attached hydrogen (secondary N) is 1. The van der Waals surface area contributed by atoms with Gasteiger partial charge in [0.25, 0.3) is 0 Å². The number of carbonyl (C=O) groups is 1. The van der Waals surface area contributed by atoms with Crippen molar-refractivity contribution in [3.63, 3.8) is 0 Å². The van der Waals surface area contributed by atoms with E-state index in [0.717, 1.165) is 0 Å². The van der Waals surface area contributed by atoms with Crippen molar-refractivity contribution >= 4 is 18.3 Å². The lowest BCUT2D eigenvalue weighted by Crippen LogP contribution is -2.34. The molecule has 0 heterocycles. The summed E-state index contributed by atoms with van der Waals surface area (Å²) in [7, 11) is 0. The van der Waals surface area contributed by atoms with Gasteiger partial charge in [-0.2, -0.15) is 0 Å². The highest BCUT2D eigenvalue weighted by Crippen LogP contribution is 2.12. The summed E-state index contributed by atoms with van der Waals surface area (Å²) in [4.78, 5) is 11.1. The molecule has 0 saturated heterocycles. The number of nitrogens with two attached hydrogens (primary N) is 1. The molecule has 1 aromatic rings. The van der Waals surface area contributed by atoms with Crippen LogP contribution in [0.3, 0.4) is 0 Å². The molecular formula is C12H18ClFN2O2. The molecule has 102 valence electrons. The van der Waals surface area contributed by atoms with Gasteiger partial charge in [-0.25, -0.2) is 4.39 Å². The largest absolute Gasteiger partial charge is 0.489 e. The molecule has 1 atom stereocenters. The van der Waals surface area contributed by atoms with Crippen LogP contribution in [0.15, 0.2) is 24.3 Å². The van der Waals surface area contributed by atoms with Gasteiger partial charge in [-0.1, -0.05) is 0 Å². The van der Waals surface area contributed by atoms with Gasteiger partial charge in [0.15, 0.2) is 0 Å². The van der Waals surface area contributed by atoms with Gasteiger partial charge in [0.1, 0.15) is 17.7 Å². The van der Waals surface area contributed by atoms with E-state index in [1.807, 2.05) is 6.92 Å². The number of hydrogen-bond donors (Lipinski definition) is 2. The number of hydrogen-bond acceptors (Lipinski definition) is 3. The van der Waals surface area contributed by atoms with Crippen LogP contribution in [-0.4, -0.2) is 25.1 Å². The Bertz CT molecular complexity index is 360. The molecule has 1 amide bonds. The van der Waals surface area contributed by atoms with Crippen LogP contribution in [0.1, 0.15) is 13.3 Å². The van der Waals surface area contributed by atoms with E-state index in [0.29, 0.717) is 25.3 Å². The zero-order valence-corrected chi connectivity index (χ0v) is 11.0. The van der Waals surface area contributed by atoms with Gasteiger partial charge in [-0.05, 0) is 31.2 Å². The molecule has 6 heteroatoms. The molecule has 18 heavy (non-hydrogen) atoms. The van der Waals surface area contributed by atoms with Crippen molar-refractivity contribution < 1.29 is 13.9 Å². The second kappa shape index (κ2) is 8.72. The summed E-state index contributed by atoms with van der Waals surface area (Å²) >= 11 is 0. The highest BCUT2D eigenvalue weighted by atomic mass is 35.5. The van der Waals surface area contributed by atoms with Gasteiger partial charge < -0.3 is 15.8 Å². The van der Waals surface area contributed by atoms with Crippen molar-refractivity contribution in [2.24, 2.45) is 5.73 Å². The van der Waals surface area contributed by atoms with Crippen LogP contribution in [0.4, 0.5) is 4.39 Å². The van der Waals surface area contributed by atoms with Crippen molar-refractivity contribution in [2.45, 2.75) is 19.4 Å². The average Bonchev–Trinajstić information content (AvgIpc) is 2.30. The molecule has 0 aromatic heterocycles. The summed E-state index contributed by atoms with van der Waals surface area (Å²) in [6, 6.07) is 5.76. The molecule has 1 rings (SSSR count). The Morgan fingerprint density at radius 3 is 2.61 bits per heavy atom. The fourth-order valence-electron chi connectivity index (χ4n) is 1.26. The predicted octanol–water partition coefficient (Wildman–Crippen LogP) is 1.48. The minimum atomic E-state index is -0.304. The summed E-state index contributed by atoms with van der Waals surface area (Å²) in [5.74, 6) is 0.176. The molecule has 4 nitrogen and oxygen atoms in total. The Morgan fingerprint density at radius 1 is 1.44 bits per heavy atom. The highest BCUT2D eigenvalue weighted by molar-refractivity contribution is 5.85. The molecule has 0 aliphatic rings. The predicted molar refractivity (Wildman–Crippen MR) is 70.4 cm³/mol. The summed E-state index contributed by atoms with van der Waals surface area (Å²) in [5.41, 5.74) is 5.25. The van der Waals surface area contributed by atoms with Crippen LogP contribution in [0.5, 0.6) is 5.75 Å². The maximum absolute atomic E-state index is 12.6. The fraction of sp³-hybridized carbons (Fsp3) is 0.417. The third-order valence-corrected chi connectivity index (χ3v) is 2.11. The van der Waals surface area contributed by atoms with Gasteiger partial charge in [-0.15, -0.1) is 12.4 Å². The van der Waals surface area contributed by atoms with Crippen molar-refractivity contribution in [2.75, 3.05) is 13.1 Å². The maximum atomic E-state index is 12.6. The molecule has 1 aromatic carbocycles. The quantitative estimate of drug-likeness (QED) is 0.827. The van der Waals surface area contributed by atoms with E-state index in [1.165, 1.54) is 12.1 Å². The molecule has 0 aliphatic carbocycles. The zero-order valence-electron chi connectivity index (χ0n) is 10.2. The van der Waals surface area contributed by atoms with Crippen LogP contribution in [-0.2, 0) is 4.79 Å². The van der Waals surface area contributed by atoms with E-state index in [2.05, 4.69) is 5.32 Å². The first-order valence-corrected chi connectivity index (χ1v) is 5.51. The van der Waals surface area contributed by atoms with E-state index >= 15 is 0 Å². The van der Waals surface area contributed by atoms with Gasteiger partial charge >= 0.3 is 0 Å². The zero-order chi connectivity index (χ0) is 12.7. The van der Waals surface area contributed by atoms with Crippen LogP contribution in [0.2, 0.25) is 0 Å². The summed E-state index contributed by atoms with van der Waals surface area (Å²) in [6.07, 6.45) is 0.130. The first-order valence-electron chi connectivity index (χ1n) is 5.51. The van der Waals surface area contributed by atoms with Crippen molar-refractivity contribution in [1.29, 1.82) is 0 Å². The first kappa shape index (κ1) is 16.7. The third-order valence-electron chi connectivity index (χ3n) is 2.11. The Balaban J connectivity index is 0.00000289. The lowest BCUT2D eigenvalue weighted by molar-refractivity contribution is -0.121. The van der Waals surface area contributed by atoms with E-state index in [4.69, 9.17) is 10.5 Å². The molecule has 1 unspecified atom stereocenters.